The topological polar surface area (TPSA) is 42.4 Å². The van der Waals surface area contributed by atoms with Crippen molar-refractivity contribution in [1.82, 2.24) is 4.98 Å². The van der Waals surface area contributed by atoms with Crippen LogP contribution in [0.5, 0.6) is 0 Å². The lowest BCUT2D eigenvalue weighted by Gasteiger charge is -2.27. The first-order valence-electron chi connectivity index (χ1n) is 19.4. The molecule has 5 heteroatoms. The molecule has 0 spiro atoms. The number of nitrogens with zero attached hydrogens (tertiary/aromatic N) is 2. The molecule has 12 rings (SSSR count). The van der Waals surface area contributed by atoms with Crippen molar-refractivity contribution in [2.45, 2.75) is 0 Å². The Kier molecular flexibility index (Phi) is 7.37. The molecule has 0 amide bonds. The van der Waals surface area contributed by atoms with Crippen molar-refractivity contribution in [3.63, 3.8) is 0 Å². The van der Waals surface area contributed by atoms with E-state index in [9.17, 15) is 0 Å². The van der Waals surface area contributed by atoms with E-state index in [0.717, 1.165) is 66.8 Å². The Labute approximate surface area is 337 Å². The highest BCUT2D eigenvalue weighted by molar-refractivity contribution is 7.26. The van der Waals surface area contributed by atoms with E-state index >= 15 is 0 Å². The summed E-state index contributed by atoms with van der Waals surface area (Å²) >= 11 is 1.84. The number of oxazole rings is 1. The molecule has 0 aliphatic heterocycles. The largest absolute Gasteiger partial charge is 0.456 e. The van der Waals surface area contributed by atoms with Crippen LogP contribution >= 0.6 is 11.3 Å². The molecule has 12 aromatic rings. The molecular weight excluding hydrogens is 729 g/mol. The van der Waals surface area contributed by atoms with Crippen molar-refractivity contribution in [3.05, 3.63) is 194 Å². The third-order valence-electron chi connectivity index (χ3n) is 11.3. The molecule has 0 atom stereocenters. The van der Waals surface area contributed by atoms with Crippen LogP contribution in [0.15, 0.2) is 203 Å². The van der Waals surface area contributed by atoms with Crippen LogP contribution in [0.2, 0.25) is 0 Å². The highest BCUT2D eigenvalue weighted by atomic mass is 32.1. The van der Waals surface area contributed by atoms with Crippen molar-refractivity contribution >= 4 is 92.4 Å². The van der Waals surface area contributed by atoms with Gasteiger partial charge in [-0.2, -0.15) is 0 Å². The highest BCUT2D eigenvalue weighted by Crippen LogP contribution is 2.46. The first-order chi connectivity index (χ1) is 28.7. The zero-order chi connectivity index (χ0) is 38.2. The van der Waals surface area contributed by atoms with Gasteiger partial charge in [-0.1, -0.05) is 115 Å². The predicted octanol–water partition coefficient (Wildman–Crippen LogP) is 15.7. The summed E-state index contributed by atoms with van der Waals surface area (Å²) in [4.78, 5) is 7.23. The smallest absolute Gasteiger partial charge is 0.227 e. The van der Waals surface area contributed by atoms with Crippen LogP contribution in [0.3, 0.4) is 0 Å². The summed E-state index contributed by atoms with van der Waals surface area (Å²) in [5.41, 5.74) is 12.0. The number of hydrogen-bond donors (Lipinski definition) is 0. The van der Waals surface area contributed by atoms with E-state index in [1.165, 1.54) is 42.1 Å². The number of aromatic nitrogens is 1. The van der Waals surface area contributed by atoms with Gasteiger partial charge in [-0.05, 0) is 112 Å². The molecule has 9 aromatic carbocycles. The fourth-order valence-corrected chi connectivity index (χ4v) is 9.70. The number of anilines is 3. The normalized spacial score (nSPS) is 11.8. The number of rotatable bonds is 6. The Morgan fingerprint density at radius 2 is 1.10 bits per heavy atom. The third-order valence-corrected chi connectivity index (χ3v) is 12.5. The van der Waals surface area contributed by atoms with Crippen LogP contribution in [0.1, 0.15) is 0 Å². The monoisotopic (exact) mass is 760 g/mol. The molecular formula is C53H32N2O2S. The molecule has 0 N–H and O–H groups in total. The van der Waals surface area contributed by atoms with E-state index in [1.54, 1.807) is 0 Å². The molecule has 4 nitrogen and oxygen atoms in total. The lowest BCUT2D eigenvalue weighted by atomic mass is 9.98. The van der Waals surface area contributed by atoms with Gasteiger partial charge in [0, 0.05) is 42.5 Å². The molecule has 0 radical (unpaired) electrons. The molecule has 0 aliphatic carbocycles. The molecule has 58 heavy (non-hydrogen) atoms. The van der Waals surface area contributed by atoms with Gasteiger partial charge in [-0.25, -0.2) is 4.98 Å². The second kappa shape index (κ2) is 13.1. The first kappa shape index (κ1) is 32.7. The summed E-state index contributed by atoms with van der Waals surface area (Å²) in [6.07, 6.45) is 0. The van der Waals surface area contributed by atoms with E-state index in [4.69, 9.17) is 13.8 Å². The number of fused-ring (bicyclic) bond motifs is 9. The third kappa shape index (κ3) is 5.25. The van der Waals surface area contributed by atoms with E-state index in [-0.39, 0.29) is 0 Å². The van der Waals surface area contributed by atoms with E-state index < -0.39 is 0 Å². The van der Waals surface area contributed by atoms with Gasteiger partial charge in [-0.3, -0.25) is 0 Å². The lowest BCUT2D eigenvalue weighted by Crippen LogP contribution is -2.10. The maximum atomic E-state index is 6.43. The van der Waals surface area contributed by atoms with Gasteiger partial charge < -0.3 is 13.7 Å². The average molecular weight is 761 g/mol. The van der Waals surface area contributed by atoms with Crippen LogP contribution in [0.4, 0.5) is 17.1 Å². The maximum absolute atomic E-state index is 6.43. The van der Waals surface area contributed by atoms with Gasteiger partial charge in [0.05, 0.1) is 11.1 Å². The molecule has 272 valence electrons. The van der Waals surface area contributed by atoms with Crippen LogP contribution in [0, 0.1) is 0 Å². The number of hydrogen-bond acceptors (Lipinski definition) is 5. The molecule has 0 bridgehead atoms. The summed E-state index contributed by atoms with van der Waals surface area (Å²) in [5.74, 6) is 0.600. The van der Waals surface area contributed by atoms with Gasteiger partial charge in [-0.15, -0.1) is 11.3 Å². The number of thiophene rings is 1. The molecule has 3 heterocycles. The predicted molar refractivity (Wildman–Crippen MR) is 243 cm³/mol. The van der Waals surface area contributed by atoms with Gasteiger partial charge in [0.2, 0.25) is 5.89 Å². The van der Waals surface area contributed by atoms with Crippen LogP contribution in [-0.4, -0.2) is 4.98 Å². The summed E-state index contributed by atoms with van der Waals surface area (Å²) < 4.78 is 15.3. The summed E-state index contributed by atoms with van der Waals surface area (Å²) in [6.45, 7) is 0. The SMILES string of the molecule is c1ccc(-c2nc3ccc4oc5ccc(-c6ccc(N(c7ccc(-c8cccc9ccccc89)cc7)c7cccc8sc9ccccc9c78)cc6)cc5c4c3o2)cc1. The Hall–Kier alpha value is -7.47. The van der Waals surface area contributed by atoms with Crippen molar-refractivity contribution in [1.29, 1.82) is 0 Å². The summed E-state index contributed by atoms with van der Waals surface area (Å²) in [7, 11) is 0. The lowest BCUT2D eigenvalue weighted by molar-refractivity contribution is 0.622. The second-order valence-electron chi connectivity index (χ2n) is 14.7. The van der Waals surface area contributed by atoms with Crippen molar-refractivity contribution < 1.29 is 8.83 Å². The Morgan fingerprint density at radius 3 is 1.95 bits per heavy atom. The van der Waals surface area contributed by atoms with E-state index in [0.29, 0.717) is 5.89 Å². The van der Waals surface area contributed by atoms with Gasteiger partial charge in [0.1, 0.15) is 16.7 Å². The van der Waals surface area contributed by atoms with Crippen LogP contribution in [0.25, 0.3) is 97.7 Å². The first-order valence-corrected chi connectivity index (χ1v) is 20.3. The zero-order valence-corrected chi connectivity index (χ0v) is 31.9. The quantitative estimate of drug-likeness (QED) is 0.169. The molecule has 3 aromatic heterocycles. The summed E-state index contributed by atoms with van der Waals surface area (Å²) in [6, 6.07) is 68.8. The minimum atomic E-state index is 0.600. The summed E-state index contributed by atoms with van der Waals surface area (Å²) in [5, 5.41) is 6.96. The molecule has 0 saturated carbocycles. The van der Waals surface area contributed by atoms with Crippen molar-refractivity contribution in [3.8, 4) is 33.7 Å². The van der Waals surface area contributed by atoms with E-state index in [2.05, 4.69) is 157 Å². The minimum Gasteiger partial charge on any atom is -0.456 e. The Bertz CT molecular complexity index is 3500. The standard InChI is InChI=1S/C53H32N2O2S/c1-2-11-36(12-3-1)53-54-44-29-31-47-51(52(44)57-53)43-32-37(24-30-46(43)56-47)33-20-25-38(26-21-33)55(45-17-9-19-49-50(45)42-15-6-7-18-48(42)58-49)39-27-22-35(23-28-39)41-16-8-13-34-10-4-5-14-40(34)41/h1-32H. The van der Waals surface area contributed by atoms with Crippen molar-refractivity contribution in [2.24, 2.45) is 0 Å². The molecule has 0 aliphatic rings. The second-order valence-corrected chi connectivity index (χ2v) is 15.8. The highest BCUT2D eigenvalue weighted by Gasteiger charge is 2.20. The Balaban J connectivity index is 0.976. The zero-order valence-electron chi connectivity index (χ0n) is 31.1. The molecule has 0 saturated heterocycles. The fourth-order valence-electron chi connectivity index (χ4n) is 8.57. The van der Waals surface area contributed by atoms with Gasteiger partial charge in [0.25, 0.3) is 0 Å². The van der Waals surface area contributed by atoms with E-state index in [1.807, 2.05) is 53.8 Å². The van der Waals surface area contributed by atoms with Crippen LogP contribution in [-0.2, 0) is 0 Å². The average Bonchev–Trinajstić information content (AvgIpc) is 4.01. The molecule has 0 fully saturated rings. The van der Waals surface area contributed by atoms with Crippen LogP contribution < -0.4 is 4.90 Å². The van der Waals surface area contributed by atoms with Crippen molar-refractivity contribution in [2.75, 3.05) is 4.90 Å². The number of benzene rings is 9. The molecule has 0 unspecified atom stereocenters. The minimum absolute atomic E-state index is 0.600. The number of furan rings is 1. The van der Waals surface area contributed by atoms with Gasteiger partial charge in [0.15, 0.2) is 5.58 Å². The maximum Gasteiger partial charge on any atom is 0.227 e. The Morgan fingerprint density at radius 1 is 0.431 bits per heavy atom. The van der Waals surface area contributed by atoms with Gasteiger partial charge >= 0.3 is 0 Å². The fraction of sp³-hybridized carbons (Fsp3) is 0.